The number of aliphatic hydroxyl groups is 1. The van der Waals surface area contributed by atoms with Gasteiger partial charge in [-0.3, -0.25) is 4.79 Å². The van der Waals surface area contributed by atoms with Crippen LogP contribution in [0, 0.1) is 4.91 Å². The minimum Gasteiger partial charge on any atom is -0.493 e. The lowest BCUT2D eigenvalue weighted by Gasteiger charge is -2.12. The highest BCUT2D eigenvalue weighted by Crippen LogP contribution is 2.35. The molecule has 0 saturated heterocycles. The Morgan fingerprint density at radius 1 is 1.30 bits per heavy atom. The number of methoxy groups -OCH3 is 2. The summed E-state index contributed by atoms with van der Waals surface area (Å²) in [6, 6.07) is 2.89. The molecule has 7 heteroatoms. The van der Waals surface area contributed by atoms with Crippen molar-refractivity contribution in [2.45, 2.75) is 19.4 Å². The molecule has 0 bridgehead atoms. The molecule has 0 aromatic heterocycles. The van der Waals surface area contributed by atoms with Crippen molar-refractivity contribution < 1.29 is 24.1 Å². The van der Waals surface area contributed by atoms with Gasteiger partial charge in [0.1, 0.15) is 5.69 Å². The van der Waals surface area contributed by atoms with Crippen molar-refractivity contribution >= 4 is 11.7 Å². The van der Waals surface area contributed by atoms with E-state index < -0.39 is 0 Å². The average Bonchev–Trinajstić information content (AvgIpc) is 2.50. The van der Waals surface area contributed by atoms with Crippen LogP contribution in [0.15, 0.2) is 17.3 Å². The van der Waals surface area contributed by atoms with Gasteiger partial charge in [0.05, 0.1) is 27.4 Å². The Morgan fingerprint density at radius 3 is 2.60 bits per heavy atom. The topological polar surface area (TPSA) is 94.4 Å². The Labute approximate surface area is 116 Å². The van der Waals surface area contributed by atoms with Gasteiger partial charge < -0.3 is 19.3 Å². The van der Waals surface area contributed by atoms with Crippen LogP contribution in [0.4, 0.5) is 5.69 Å². The summed E-state index contributed by atoms with van der Waals surface area (Å²) in [7, 11) is 2.77. The molecule has 1 aromatic rings. The van der Waals surface area contributed by atoms with E-state index in [2.05, 4.69) is 9.91 Å². The van der Waals surface area contributed by atoms with E-state index in [4.69, 9.17) is 14.6 Å². The van der Waals surface area contributed by atoms with Crippen molar-refractivity contribution in [1.82, 2.24) is 0 Å². The van der Waals surface area contributed by atoms with E-state index in [9.17, 15) is 9.70 Å². The number of nitroso groups, excluding NO2 is 1. The molecule has 0 unspecified atom stereocenters. The van der Waals surface area contributed by atoms with Gasteiger partial charge in [-0.2, -0.15) is 0 Å². The maximum Gasteiger partial charge on any atom is 0.305 e. The number of nitrogens with zero attached hydrogens (tertiary/aromatic N) is 1. The zero-order chi connectivity index (χ0) is 15.0. The fraction of sp³-hybridized carbons (Fsp3) is 0.462. The van der Waals surface area contributed by atoms with E-state index in [1.54, 1.807) is 0 Å². The van der Waals surface area contributed by atoms with Crippen molar-refractivity contribution in [2.75, 3.05) is 20.8 Å². The molecule has 7 nitrogen and oxygen atoms in total. The van der Waals surface area contributed by atoms with Gasteiger partial charge in [-0.1, -0.05) is 0 Å². The normalized spacial score (nSPS) is 9.95. The molecule has 0 aliphatic heterocycles. The largest absolute Gasteiger partial charge is 0.493 e. The summed E-state index contributed by atoms with van der Waals surface area (Å²) in [5.74, 6) is 0.412. The second kappa shape index (κ2) is 8.11. The number of rotatable bonds is 8. The molecule has 110 valence electrons. The quantitative estimate of drug-likeness (QED) is 0.445. The molecule has 0 saturated carbocycles. The highest BCUT2D eigenvalue weighted by Gasteiger charge is 2.12. The van der Waals surface area contributed by atoms with Crippen molar-refractivity contribution in [1.29, 1.82) is 0 Å². The summed E-state index contributed by atoms with van der Waals surface area (Å²) in [5.41, 5.74) is 0.454. The van der Waals surface area contributed by atoms with Crippen LogP contribution in [-0.2, 0) is 16.1 Å². The monoisotopic (exact) mass is 283 g/mol. The molecule has 0 heterocycles. The number of hydrogen-bond donors (Lipinski definition) is 1. The third-order valence-electron chi connectivity index (χ3n) is 2.64. The summed E-state index contributed by atoms with van der Waals surface area (Å²) >= 11 is 0. The van der Waals surface area contributed by atoms with Crippen LogP contribution in [-0.4, -0.2) is 31.9 Å². The number of esters is 1. The number of hydrogen-bond acceptors (Lipinski definition) is 7. The molecule has 1 rings (SSSR count). The Bertz CT molecular complexity index is 474. The number of benzene rings is 1. The van der Waals surface area contributed by atoms with E-state index in [1.165, 1.54) is 26.4 Å². The van der Waals surface area contributed by atoms with Crippen molar-refractivity contribution in [3.63, 3.8) is 0 Å². The first-order chi connectivity index (χ1) is 9.65. The fourth-order valence-corrected chi connectivity index (χ4v) is 1.58. The van der Waals surface area contributed by atoms with Gasteiger partial charge in [0, 0.05) is 18.1 Å². The summed E-state index contributed by atoms with van der Waals surface area (Å²) in [5, 5.41) is 11.9. The Kier molecular flexibility index (Phi) is 6.45. The highest BCUT2D eigenvalue weighted by atomic mass is 16.5. The molecule has 0 aliphatic rings. The van der Waals surface area contributed by atoms with Gasteiger partial charge >= 0.3 is 5.97 Å². The molecule has 1 aromatic carbocycles. The molecule has 1 N–H and O–H groups in total. The van der Waals surface area contributed by atoms with Crippen LogP contribution >= 0.6 is 0 Å². The van der Waals surface area contributed by atoms with E-state index >= 15 is 0 Å². The lowest BCUT2D eigenvalue weighted by atomic mass is 10.1. The van der Waals surface area contributed by atoms with Crippen molar-refractivity contribution in [2.24, 2.45) is 5.18 Å². The first kappa shape index (κ1) is 15.9. The molecule has 0 amide bonds. The molecular weight excluding hydrogens is 266 g/mol. The molecular formula is C13H17NO6. The van der Waals surface area contributed by atoms with Gasteiger partial charge in [0.2, 0.25) is 0 Å². The maximum absolute atomic E-state index is 10.9. The predicted molar refractivity (Wildman–Crippen MR) is 71.1 cm³/mol. The van der Waals surface area contributed by atoms with Crippen molar-refractivity contribution in [3.05, 3.63) is 22.6 Å². The predicted octanol–water partition coefficient (Wildman–Crippen LogP) is 1.92. The first-order valence-electron chi connectivity index (χ1n) is 6.01. The highest BCUT2D eigenvalue weighted by molar-refractivity contribution is 5.69. The van der Waals surface area contributed by atoms with E-state index in [-0.39, 0.29) is 31.3 Å². The fourth-order valence-electron chi connectivity index (χ4n) is 1.58. The maximum atomic E-state index is 10.9. The number of ether oxygens (including phenoxy) is 3. The zero-order valence-electron chi connectivity index (χ0n) is 11.4. The van der Waals surface area contributed by atoms with Gasteiger partial charge in [-0.25, -0.2) is 0 Å². The third-order valence-corrected chi connectivity index (χ3v) is 2.64. The van der Waals surface area contributed by atoms with Gasteiger partial charge in [-0.15, -0.1) is 4.91 Å². The van der Waals surface area contributed by atoms with Crippen LogP contribution in [0.1, 0.15) is 18.4 Å². The zero-order valence-corrected chi connectivity index (χ0v) is 11.4. The summed E-state index contributed by atoms with van der Waals surface area (Å²) < 4.78 is 15.1. The Hall–Kier alpha value is -2.15. The Balaban J connectivity index is 2.73. The van der Waals surface area contributed by atoms with Crippen LogP contribution in [0.3, 0.4) is 0 Å². The lowest BCUT2D eigenvalue weighted by Crippen LogP contribution is -2.05. The number of carbonyl (C=O) groups is 1. The average molecular weight is 283 g/mol. The Morgan fingerprint density at radius 2 is 2.05 bits per heavy atom. The second-order valence-electron chi connectivity index (χ2n) is 3.91. The summed E-state index contributed by atoms with van der Waals surface area (Å²) in [6.07, 6.45) is 0.716. The number of aliphatic hydroxyl groups excluding tert-OH is 1. The van der Waals surface area contributed by atoms with Gasteiger partial charge in [0.25, 0.3) is 0 Å². The summed E-state index contributed by atoms with van der Waals surface area (Å²) in [6.45, 7) is -0.0533. The van der Waals surface area contributed by atoms with E-state index in [0.717, 1.165) is 0 Å². The number of carbonyl (C=O) groups excluding carboxylic acids is 1. The summed E-state index contributed by atoms with van der Waals surface area (Å²) in [4.78, 5) is 21.6. The van der Waals surface area contributed by atoms with E-state index in [0.29, 0.717) is 23.5 Å². The molecule has 0 atom stereocenters. The van der Waals surface area contributed by atoms with Crippen LogP contribution in [0.2, 0.25) is 0 Å². The SMILES string of the molecule is COC(=O)CCCOc1cc(N=O)c(CO)cc1OC. The van der Waals surface area contributed by atoms with Crippen LogP contribution < -0.4 is 9.47 Å². The molecule has 0 fully saturated rings. The molecule has 20 heavy (non-hydrogen) atoms. The van der Waals surface area contributed by atoms with E-state index in [1.807, 2.05) is 0 Å². The minimum absolute atomic E-state index is 0.0938. The van der Waals surface area contributed by atoms with Crippen LogP contribution in [0.5, 0.6) is 11.5 Å². The smallest absolute Gasteiger partial charge is 0.305 e. The van der Waals surface area contributed by atoms with Gasteiger partial charge in [-0.05, 0) is 17.7 Å². The molecule has 0 radical (unpaired) electrons. The van der Waals surface area contributed by atoms with Crippen molar-refractivity contribution in [3.8, 4) is 11.5 Å². The third kappa shape index (κ3) is 4.20. The first-order valence-corrected chi connectivity index (χ1v) is 6.01. The van der Waals surface area contributed by atoms with Crippen LogP contribution in [0.25, 0.3) is 0 Å². The minimum atomic E-state index is -0.319. The second-order valence-corrected chi connectivity index (χ2v) is 3.91. The lowest BCUT2D eigenvalue weighted by molar-refractivity contribution is -0.140. The molecule has 0 aliphatic carbocycles. The van der Waals surface area contributed by atoms with Gasteiger partial charge in [0.15, 0.2) is 11.5 Å². The standard InChI is InChI=1S/C13H17NO6/c1-18-11-6-9(8-15)10(14-17)7-12(11)20-5-3-4-13(16)19-2/h6-7,15H,3-5,8H2,1-2H3. The molecule has 0 spiro atoms.